The maximum absolute atomic E-state index is 9.33. The summed E-state index contributed by atoms with van der Waals surface area (Å²) in [5.74, 6) is 0. The Kier molecular flexibility index (Phi) is 7.91. The van der Waals surface area contributed by atoms with Crippen LogP contribution in [0, 0.1) is 0 Å². The molecule has 0 spiro atoms. The molecule has 1 unspecified atom stereocenters. The van der Waals surface area contributed by atoms with E-state index in [1.54, 1.807) is 0 Å². The fourth-order valence-corrected chi connectivity index (χ4v) is 2.69. The highest BCUT2D eigenvalue weighted by Gasteiger charge is 2.20. The van der Waals surface area contributed by atoms with Gasteiger partial charge in [-0.3, -0.25) is 0 Å². The fourth-order valence-electron chi connectivity index (χ4n) is 2.69. The first-order valence-electron chi connectivity index (χ1n) is 7.88. The Hall–Kier alpha value is -0.160. The van der Waals surface area contributed by atoms with E-state index in [2.05, 4.69) is 29.0 Å². The average molecular weight is 271 g/mol. The van der Waals surface area contributed by atoms with Gasteiger partial charge in [-0.1, -0.05) is 13.3 Å². The molecule has 4 heteroatoms. The van der Waals surface area contributed by atoms with Gasteiger partial charge in [-0.15, -0.1) is 0 Å². The first-order chi connectivity index (χ1) is 9.13. The van der Waals surface area contributed by atoms with Crippen molar-refractivity contribution in [3.05, 3.63) is 0 Å². The lowest BCUT2D eigenvalue weighted by molar-refractivity contribution is 0.127. The molecular formula is C15H33N3O. The summed E-state index contributed by atoms with van der Waals surface area (Å²) in [4.78, 5) is 5.15. The first kappa shape index (κ1) is 16.9. The van der Waals surface area contributed by atoms with Crippen LogP contribution in [0.5, 0.6) is 0 Å². The molecule has 1 saturated heterocycles. The number of aliphatic hydroxyl groups excluding tert-OH is 1. The molecule has 1 atom stereocenters. The topological polar surface area (TPSA) is 38.7 Å². The third kappa shape index (κ3) is 6.21. The molecule has 114 valence electrons. The van der Waals surface area contributed by atoms with Crippen molar-refractivity contribution in [3.8, 4) is 0 Å². The number of nitrogens with one attached hydrogen (secondary N) is 1. The molecule has 1 heterocycles. The van der Waals surface area contributed by atoms with Gasteiger partial charge in [0.15, 0.2) is 0 Å². The highest BCUT2D eigenvalue weighted by atomic mass is 16.3. The molecule has 0 aliphatic carbocycles. The van der Waals surface area contributed by atoms with Crippen molar-refractivity contribution in [1.82, 2.24) is 15.1 Å². The third-order valence-corrected chi connectivity index (χ3v) is 4.41. The van der Waals surface area contributed by atoms with Crippen LogP contribution in [0.1, 0.15) is 39.5 Å². The number of rotatable bonds is 9. The van der Waals surface area contributed by atoms with Crippen LogP contribution in [-0.4, -0.2) is 73.4 Å². The van der Waals surface area contributed by atoms with Gasteiger partial charge in [0.2, 0.25) is 0 Å². The summed E-state index contributed by atoms with van der Waals surface area (Å²) in [6.07, 6.45) is 4.75. The number of hydrogen-bond donors (Lipinski definition) is 2. The zero-order valence-electron chi connectivity index (χ0n) is 13.1. The number of piperazine rings is 1. The van der Waals surface area contributed by atoms with E-state index < -0.39 is 0 Å². The summed E-state index contributed by atoms with van der Waals surface area (Å²) >= 11 is 0. The quantitative estimate of drug-likeness (QED) is 0.617. The predicted molar refractivity (Wildman–Crippen MR) is 81.6 cm³/mol. The largest absolute Gasteiger partial charge is 0.394 e. The zero-order valence-corrected chi connectivity index (χ0v) is 13.1. The summed E-state index contributed by atoms with van der Waals surface area (Å²) in [6, 6.07) is 0. The summed E-state index contributed by atoms with van der Waals surface area (Å²) in [6.45, 7) is 12.0. The van der Waals surface area contributed by atoms with E-state index in [-0.39, 0.29) is 12.1 Å². The highest BCUT2D eigenvalue weighted by Crippen LogP contribution is 2.13. The van der Waals surface area contributed by atoms with Crippen molar-refractivity contribution in [2.45, 2.75) is 45.1 Å². The van der Waals surface area contributed by atoms with Crippen LogP contribution in [0.15, 0.2) is 0 Å². The summed E-state index contributed by atoms with van der Waals surface area (Å²) < 4.78 is 0. The van der Waals surface area contributed by atoms with Crippen molar-refractivity contribution in [1.29, 1.82) is 0 Å². The van der Waals surface area contributed by atoms with Crippen LogP contribution < -0.4 is 5.32 Å². The Morgan fingerprint density at radius 1 is 1.05 bits per heavy atom. The van der Waals surface area contributed by atoms with Gasteiger partial charge in [-0.05, 0) is 46.3 Å². The molecule has 0 saturated carbocycles. The van der Waals surface area contributed by atoms with Crippen molar-refractivity contribution in [3.63, 3.8) is 0 Å². The molecule has 1 rings (SSSR count). The van der Waals surface area contributed by atoms with Gasteiger partial charge in [0.1, 0.15) is 0 Å². The lowest BCUT2D eigenvalue weighted by atomic mass is 9.96. The van der Waals surface area contributed by atoms with Crippen LogP contribution in [0.3, 0.4) is 0 Å². The lowest BCUT2D eigenvalue weighted by Gasteiger charge is -2.34. The number of unbranched alkanes of at least 4 members (excludes halogenated alkanes) is 1. The second kappa shape index (κ2) is 8.90. The summed E-state index contributed by atoms with van der Waals surface area (Å²) in [7, 11) is 1.93. The maximum atomic E-state index is 9.33. The van der Waals surface area contributed by atoms with E-state index in [9.17, 15) is 5.11 Å². The molecule has 0 radical (unpaired) electrons. The molecule has 0 aromatic heterocycles. The average Bonchev–Trinajstić information content (AvgIpc) is 2.45. The number of likely N-dealkylation sites (N-methyl/N-ethyl adjacent to an activating group) is 1. The molecule has 1 aliphatic heterocycles. The van der Waals surface area contributed by atoms with Gasteiger partial charge < -0.3 is 20.2 Å². The molecular weight excluding hydrogens is 238 g/mol. The molecule has 0 aromatic rings. The monoisotopic (exact) mass is 271 g/mol. The number of hydrogen-bond acceptors (Lipinski definition) is 4. The second-order valence-corrected chi connectivity index (χ2v) is 6.11. The SMILES string of the molecule is CCCN1CCN(CCCCC(C)(CO)NC)CC1. The molecule has 2 N–H and O–H groups in total. The van der Waals surface area contributed by atoms with Gasteiger partial charge in [0.05, 0.1) is 6.61 Å². The van der Waals surface area contributed by atoms with Crippen LogP contribution in [0.4, 0.5) is 0 Å². The second-order valence-electron chi connectivity index (χ2n) is 6.11. The Morgan fingerprint density at radius 2 is 1.63 bits per heavy atom. The molecule has 0 amide bonds. The minimum absolute atomic E-state index is 0.0974. The van der Waals surface area contributed by atoms with Crippen LogP contribution in [-0.2, 0) is 0 Å². The van der Waals surface area contributed by atoms with Crippen molar-refractivity contribution in [2.24, 2.45) is 0 Å². The van der Waals surface area contributed by atoms with Crippen LogP contribution >= 0.6 is 0 Å². The van der Waals surface area contributed by atoms with Gasteiger partial charge in [-0.2, -0.15) is 0 Å². The standard InChI is InChI=1S/C15H33N3O/c1-4-8-17-10-12-18(13-11-17)9-6-5-7-15(2,14-19)16-3/h16,19H,4-14H2,1-3H3. The molecule has 0 aromatic carbocycles. The van der Waals surface area contributed by atoms with E-state index >= 15 is 0 Å². The molecule has 4 nitrogen and oxygen atoms in total. The number of nitrogens with zero attached hydrogens (tertiary/aromatic N) is 2. The van der Waals surface area contributed by atoms with E-state index in [0.717, 1.165) is 6.42 Å². The van der Waals surface area contributed by atoms with Crippen LogP contribution in [0.2, 0.25) is 0 Å². The van der Waals surface area contributed by atoms with E-state index in [1.165, 1.54) is 58.5 Å². The third-order valence-electron chi connectivity index (χ3n) is 4.41. The number of aliphatic hydroxyl groups is 1. The highest BCUT2D eigenvalue weighted by molar-refractivity contribution is 4.80. The van der Waals surface area contributed by atoms with Crippen molar-refractivity contribution >= 4 is 0 Å². The minimum atomic E-state index is -0.0974. The Labute approximate surface area is 119 Å². The van der Waals surface area contributed by atoms with Gasteiger partial charge >= 0.3 is 0 Å². The molecule has 0 bridgehead atoms. The van der Waals surface area contributed by atoms with Crippen molar-refractivity contribution in [2.75, 3.05) is 52.9 Å². The van der Waals surface area contributed by atoms with E-state index in [4.69, 9.17) is 0 Å². The van der Waals surface area contributed by atoms with Gasteiger partial charge in [0.25, 0.3) is 0 Å². The lowest BCUT2D eigenvalue weighted by Crippen LogP contribution is -2.47. The summed E-state index contributed by atoms with van der Waals surface area (Å²) in [5, 5.41) is 12.6. The summed E-state index contributed by atoms with van der Waals surface area (Å²) in [5.41, 5.74) is -0.0974. The van der Waals surface area contributed by atoms with Gasteiger partial charge in [0, 0.05) is 31.7 Å². The smallest absolute Gasteiger partial charge is 0.0610 e. The minimum Gasteiger partial charge on any atom is -0.394 e. The van der Waals surface area contributed by atoms with E-state index in [1.807, 2.05) is 7.05 Å². The van der Waals surface area contributed by atoms with E-state index in [0.29, 0.717) is 0 Å². The Balaban J connectivity index is 2.08. The zero-order chi connectivity index (χ0) is 14.1. The normalized spacial score (nSPS) is 21.5. The Bertz CT molecular complexity index is 223. The first-order valence-corrected chi connectivity index (χ1v) is 7.88. The molecule has 1 aliphatic rings. The predicted octanol–water partition coefficient (Wildman–Crippen LogP) is 1.15. The molecule has 19 heavy (non-hydrogen) atoms. The van der Waals surface area contributed by atoms with Crippen LogP contribution in [0.25, 0.3) is 0 Å². The maximum Gasteiger partial charge on any atom is 0.0610 e. The van der Waals surface area contributed by atoms with Gasteiger partial charge in [-0.25, -0.2) is 0 Å². The Morgan fingerprint density at radius 3 is 2.11 bits per heavy atom. The van der Waals surface area contributed by atoms with Crippen molar-refractivity contribution < 1.29 is 5.11 Å². The molecule has 1 fully saturated rings. The fraction of sp³-hybridized carbons (Fsp3) is 1.00.